The molecular weight excluding hydrogens is 202 g/mol. The molecule has 1 aromatic heterocycles. The molecule has 0 aromatic carbocycles. The van der Waals surface area contributed by atoms with Crippen molar-refractivity contribution in [1.29, 1.82) is 0 Å². The van der Waals surface area contributed by atoms with Crippen LogP contribution in [0.15, 0.2) is 4.52 Å². The van der Waals surface area contributed by atoms with Crippen molar-refractivity contribution in [2.45, 2.75) is 51.0 Å². The van der Waals surface area contributed by atoms with Gasteiger partial charge in [0.1, 0.15) is 0 Å². The molecule has 0 spiro atoms. The molecular formula is C12H19N3O. The molecule has 2 fully saturated rings. The van der Waals surface area contributed by atoms with Crippen LogP contribution in [0.4, 0.5) is 0 Å². The molecule has 0 bridgehead atoms. The zero-order valence-corrected chi connectivity index (χ0v) is 9.72. The first kappa shape index (κ1) is 10.3. The molecule has 4 heteroatoms. The van der Waals surface area contributed by atoms with Crippen molar-refractivity contribution in [3.63, 3.8) is 0 Å². The third-order valence-electron chi connectivity index (χ3n) is 3.93. The van der Waals surface area contributed by atoms with Crippen LogP contribution in [0.2, 0.25) is 0 Å². The van der Waals surface area contributed by atoms with Gasteiger partial charge in [0.05, 0.1) is 6.04 Å². The van der Waals surface area contributed by atoms with Crippen LogP contribution in [0.3, 0.4) is 0 Å². The van der Waals surface area contributed by atoms with Crippen molar-refractivity contribution in [1.82, 2.24) is 10.1 Å². The van der Waals surface area contributed by atoms with Crippen LogP contribution in [0.25, 0.3) is 0 Å². The number of hydrogen-bond donors (Lipinski definition) is 1. The summed E-state index contributed by atoms with van der Waals surface area (Å²) < 4.78 is 5.29. The third kappa shape index (κ3) is 1.86. The highest BCUT2D eigenvalue weighted by Crippen LogP contribution is 2.40. The van der Waals surface area contributed by atoms with E-state index >= 15 is 0 Å². The van der Waals surface area contributed by atoms with Crippen LogP contribution >= 0.6 is 0 Å². The monoisotopic (exact) mass is 221 g/mol. The summed E-state index contributed by atoms with van der Waals surface area (Å²) in [7, 11) is 0. The second-order valence-corrected chi connectivity index (χ2v) is 5.47. The number of nitrogens with two attached hydrogens (primary N) is 1. The van der Waals surface area contributed by atoms with E-state index in [2.05, 4.69) is 17.1 Å². The van der Waals surface area contributed by atoms with E-state index < -0.39 is 0 Å². The van der Waals surface area contributed by atoms with Crippen molar-refractivity contribution in [2.75, 3.05) is 0 Å². The maximum atomic E-state index is 6.04. The summed E-state index contributed by atoms with van der Waals surface area (Å²) in [6.45, 7) is 2.29. The minimum atomic E-state index is -0.0277. The molecule has 4 nitrogen and oxygen atoms in total. The van der Waals surface area contributed by atoms with Gasteiger partial charge in [0.15, 0.2) is 5.82 Å². The van der Waals surface area contributed by atoms with Crippen molar-refractivity contribution in [2.24, 2.45) is 17.6 Å². The highest BCUT2D eigenvalue weighted by Gasteiger charge is 2.34. The lowest BCUT2D eigenvalue weighted by Crippen LogP contribution is -2.12. The van der Waals surface area contributed by atoms with Crippen LogP contribution in [0, 0.1) is 11.8 Å². The Morgan fingerprint density at radius 2 is 2.12 bits per heavy atom. The molecule has 0 radical (unpaired) electrons. The summed E-state index contributed by atoms with van der Waals surface area (Å²) in [4.78, 5) is 4.49. The maximum Gasteiger partial charge on any atom is 0.243 e. The highest BCUT2D eigenvalue weighted by atomic mass is 16.5. The minimum absolute atomic E-state index is 0.0277. The molecule has 3 atom stereocenters. The fraction of sp³-hybridized carbons (Fsp3) is 0.833. The Balaban J connectivity index is 1.72. The highest BCUT2D eigenvalue weighted by molar-refractivity contribution is 5.03. The molecule has 0 aliphatic heterocycles. The Hall–Kier alpha value is -0.900. The first-order valence-corrected chi connectivity index (χ1v) is 6.33. The number of aromatic nitrogens is 2. The Morgan fingerprint density at radius 1 is 1.31 bits per heavy atom. The lowest BCUT2D eigenvalue weighted by atomic mass is 10.1. The largest absolute Gasteiger partial charge is 0.338 e. The van der Waals surface area contributed by atoms with Gasteiger partial charge in [0, 0.05) is 5.92 Å². The van der Waals surface area contributed by atoms with Gasteiger partial charge in [-0.2, -0.15) is 4.98 Å². The zero-order chi connectivity index (χ0) is 11.1. The Kier molecular flexibility index (Phi) is 2.46. The van der Waals surface area contributed by atoms with Gasteiger partial charge in [-0.05, 0) is 43.9 Å². The van der Waals surface area contributed by atoms with Crippen molar-refractivity contribution < 1.29 is 4.52 Å². The van der Waals surface area contributed by atoms with Crippen LogP contribution in [-0.2, 0) is 0 Å². The van der Waals surface area contributed by atoms with Crippen molar-refractivity contribution in [3.8, 4) is 0 Å². The summed E-state index contributed by atoms with van der Waals surface area (Å²) in [5.74, 6) is 3.41. The first-order valence-electron chi connectivity index (χ1n) is 6.33. The molecule has 3 rings (SSSR count). The molecule has 1 aromatic rings. The molecule has 16 heavy (non-hydrogen) atoms. The number of rotatable bonds is 3. The van der Waals surface area contributed by atoms with Crippen molar-refractivity contribution in [3.05, 3.63) is 11.7 Å². The summed E-state index contributed by atoms with van der Waals surface area (Å²) in [6, 6.07) is -0.0277. The number of hydrogen-bond acceptors (Lipinski definition) is 4. The maximum absolute atomic E-state index is 6.04. The van der Waals surface area contributed by atoms with E-state index in [4.69, 9.17) is 10.3 Å². The Bertz CT molecular complexity index is 372. The van der Waals surface area contributed by atoms with Crippen LogP contribution < -0.4 is 5.73 Å². The molecule has 2 saturated carbocycles. The Labute approximate surface area is 95.6 Å². The molecule has 0 amide bonds. The predicted molar refractivity (Wildman–Crippen MR) is 59.7 cm³/mol. The molecule has 3 unspecified atom stereocenters. The predicted octanol–water partition coefficient (Wildman–Crippen LogP) is 2.38. The molecule has 0 saturated heterocycles. The fourth-order valence-corrected chi connectivity index (χ4v) is 2.65. The van der Waals surface area contributed by atoms with E-state index in [0.29, 0.717) is 17.7 Å². The average Bonchev–Trinajstić information content (AvgIpc) is 2.84. The first-order chi connectivity index (χ1) is 7.74. The van der Waals surface area contributed by atoms with E-state index in [1.807, 2.05) is 0 Å². The van der Waals surface area contributed by atoms with Gasteiger partial charge in [-0.1, -0.05) is 12.1 Å². The van der Waals surface area contributed by atoms with E-state index in [9.17, 15) is 0 Å². The summed E-state index contributed by atoms with van der Waals surface area (Å²) in [5.41, 5.74) is 6.04. The standard InChI is InChI=1S/C12H19N3O/c1-7-2-3-9(6-7)11-14-12(16-15-11)10(13)8-4-5-8/h7-10H,2-6,13H2,1H3. The topological polar surface area (TPSA) is 64.9 Å². The minimum Gasteiger partial charge on any atom is -0.338 e. The molecule has 88 valence electrons. The summed E-state index contributed by atoms with van der Waals surface area (Å²) in [6.07, 6.45) is 6.08. The third-order valence-corrected chi connectivity index (χ3v) is 3.93. The SMILES string of the molecule is CC1CCC(c2noc(C(N)C3CC3)n2)C1. The zero-order valence-electron chi connectivity index (χ0n) is 9.72. The molecule has 1 heterocycles. The van der Waals surface area contributed by atoms with Crippen LogP contribution in [0.1, 0.15) is 62.7 Å². The van der Waals surface area contributed by atoms with E-state index in [1.54, 1.807) is 0 Å². The average molecular weight is 221 g/mol. The van der Waals surface area contributed by atoms with Gasteiger partial charge in [-0.15, -0.1) is 0 Å². The van der Waals surface area contributed by atoms with Gasteiger partial charge in [0.2, 0.25) is 5.89 Å². The summed E-state index contributed by atoms with van der Waals surface area (Å²) in [5, 5.41) is 4.10. The molecule has 2 aliphatic rings. The van der Waals surface area contributed by atoms with Gasteiger partial charge < -0.3 is 10.3 Å². The van der Waals surface area contributed by atoms with Gasteiger partial charge in [-0.3, -0.25) is 0 Å². The Morgan fingerprint density at radius 3 is 2.75 bits per heavy atom. The quantitative estimate of drug-likeness (QED) is 0.851. The fourth-order valence-electron chi connectivity index (χ4n) is 2.65. The lowest BCUT2D eigenvalue weighted by Gasteiger charge is -2.03. The molecule has 2 N–H and O–H groups in total. The van der Waals surface area contributed by atoms with Crippen molar-refractivity contribution >= 4 is 0 Å². The second kappa shape index (κ2) is 3.84. The second-order valence-electron chi connectivity index (χ2n) is 5.47. The smallest absolute Gasteiger partial charge is 0.243 e. The van der Waals surface area contributed by atoms with Gasteiger partial charge in [-0.25, -0.2) is 0 Å². The van der Waals surface area contributed by atoms with E-state index in [1.165, 1.54) is 32.1 Å². The van der Waals surface area contributed by atoms with Crippen LogP contribution in [-0.4, -0.2) is 10.1 Å². The van der Waals surface area contributed by atoms with Gasteiger partial charge in [0.25, 0.3) is 0 Å². The van der Waals surface area contributed by atoms with E-state index in [0.717, 1.165) is 11.7 Å². The lowest BCUT2D eigenvalue weighted by molar-refractivity contribution is 0.338. The van der Waals surface area contributed by atoms with Crippen LogP contribution in [0.5, 0.6) is 0 Å². The van der Waals surface area contributed by atoms with Gasteiger partial charge >= 0.3 is 0 Å². The normalized spacial score (nSPS) is 31.9. The summed E-state index contributed by atoms with van der Waals surface area (Å²) >= 11 is 0. The number of nitrogens with zero attached hydrogens (tertiary/aromatic N) is 2. The van der Waals surface area contributed by atoms with E-state index in [-0.39, 0.29) is 6.04 Å². The molecule has 2 aliphatic carbocycles.